The number of thioether (sulfide) groups is 1. The predicted molar refractivity (Wildman–Crippen MR) is 131 cm³/mol. The Bertz CT molecular complexity index is 1380. The van der Waals surface area contributed by atoms with Gasteiger partial charge in [-0.15, -0.1) is 0 Å². The van der Waals surface area contributed by atoms with Crippen LogP contribution < -0.4 is 0 Å². The van der Waals surface area contributed by atoms with Crippen LogP contribution in [0.4, 0.5) is 0 Å². The van der Waals surface area contributed by atoms with Crippen LogP contribution in [-0.4, -0.2) is 31.9 Å². The van der Waals surface area contributed by atoms with Crippen LogP contribution in [0.3, 0.4) is 0 Å². The van der Waals surface area contributed by atoms with E-state index < -0.39 is 0 Å². The molecule has 34 heavy (non-hydrogen) atoms. The van der Waals surface area contributed by atoms with Crippen molar-refractivity contribution < 1.29 is 9.21 Å². The second-order valence-corrected chi connectivity index (χ2v) is 9.06. The van der Waals surface area contributed by atoms with E-state index in [1.165, 1.54) is 17.3 Å². The Morgan fingerprint density at radius 3 is 2.76 bits per heavy atom. The van der Waals surface area contributed by atoms with Gasteiger partial charge in [0.1, 0.15) is 11.8 Å². The van der Waals surface area contributed by atoms with Gasteiger partial charge in [0.15, 0.2) is 5.16 Å². The zero-order valence-electron chi connectivity index (χ0n) is 18.7. The van der Waals surface area contributed by atoms with Gasteiger partial charge in [-0.2, -0.15) is 10.4 Å². The number of nitrogens with zero attached hydrogens (tertiary/aromatic N) is 5. The van der Waals surface area contributed by atoms with E-state index in [2.05, 4.69) is 6.07 Å². The highest BCUT2D eigenvalue weighted by Crippen LogP contribution is 2.34. The van der Waals surface area contributed by atoms with E-state index in [9.17, 15) is 4.79 Å². The van der Waals surface area contributed by atoms with E-state index in [1.807, 2.05) is 72.2 Å². The van der Waals surface area contributed by atoms with Crippen molar-refractivity contribution in [3.8, 4) is 6.07 Å². The number of aromatic nitrogens is 2. The average Bonchev–Trinajstić information content (AvgIpc) is 3.60. The van der Waals surface area contributed by atoms with Gasteiger partial charge < -0.3 is 8.98 Å². The summed E-state index contributed by atoms with van der Waals surface area (Å²) in [5, 5.41) is 16.0. The molecule has 7 nitrogen and oxygen atoms in total. The molecule has 2 aromatic carbocycles. The molecule has 0 fully saturated rings. The molecule has 0 N–H and O–H groups in total. The van der Waals surface area contributed by atoms with E-state index in [4.69, 9.17) is 19.8 Å². The molecule has 5 rings (SSSR count). The first-order valence-corrected chi connectivity index (χ1v) is 12.1. The molecule has 0 aliphatic carbocycles. The first-order chi connectivity index (χ1) is 16.6. The van der Waals surface area contributed by atoms with Crippen LogP contribution in [0, 0.1) is 18.3 Å². The third kappa shape index (κ3) is 4.35. The lowest BCUT2D eigenvalue weighted by Crippen LogP contribution is -2.28. The molecule has 0 saturated carbocycles. The van der Waals surface area contributed by atoms with Crippen LogP contribution >= 0.6 is 11.8 Å². The number of aryl methyl sites for hydroxylation is 2. The van der Waals surface area contributed by atoms with Crippen LogP contribution in [0.1, 0.15) is 35.8 Å². The van der Waals surface area contributed by atoms with Crippen molar-refractivity contribution >= 4 is 34.4 Å². The smallest absolute Gasteiger partial charge is 0.253 e. The minimum atomic E-state index is -0.281. The van der Waals surface area contributed by atoms with Gasteiger partial charge >= 0.3 is 0 Å². The van der Waals surface area contributed by atoms with Gasteiger partial charge in [0.25, 0.3) is 5.91 Å². The first-order valence-electron chi connectivity index (χ1n) is 11.1. The quantitative estimate of drug-likeness (QED) is 0.342. The monoisotopic (exact) mass is 469 g/mol. The van der Waals surface area contributed by atoms with E-state index in [0.717, 1.165) is 27.5 Å². The van der Waals surface area contributed by atoms with Crippen molar-refractivity contribution in [2.75, 3.05) is 5.75 Å². The molecule has 8 heteroatoms. The Morgan fingerprint density at radius 1 is 1.18 bits per heavy atom. The molecule has 170 valence electrons. The summed E-state index contributed by atoms with van der Waals surface area (Å²) >= 11 is 1.37. The van der Waals surface area contributed by atoms with E-state index in [0.29, 0.717) is 25.1 Å². The molecule has 1 atom stereocenters. The molecule has 0 bridgehead atoms. The summed E-state index contributed by atoms with van der Waals surface area (Å²) in [5.74, 6) is 0.774. The zero-order valence-corrected chi connectivity index (χ0v) is 19.5. The summed E-state index contributed by atoms with van der Waals surface area (Å²) in [6.07, 6.45) is 2.58. The number of carbonyl (C=O) groups excluding carboxylic acids is 1. The molecule has 2 aromatic heterocycles. The Balaban J connectivity index is 1.39. The van der Waals surface area contributed by atoms with Crippen molar-refractivity contribution in [1.82, 2.24) is 14.6 Å². The summed E-state index contributed by atoms with van der Waals surface area (Å²) in [5.41, 5.74) is 4.85. The highest BCUT2D eigenvalue weighted by atomic mass is 32.2. The van der Waals surface area contributed by atoms with E-state index in [1.54, 1.807) is 11.3 Å². The minimum absolute atomic E-state index is 0.118. The second-order valence-electron chi connectivity index (χ2n) is 8.12. The molecule has 0 unspecified atom stereocenters. The number of amides is 1. The van der Waals surface area contributed by atoms with E-state index >= 15 is 0 Å². The highest BCUT2D eigenvalue weighted by molar-refractivity contribution is 7.99. The van der Waals surface area contributed by atoms with Crippen LogP contribution in [-0.2, 0) is 11.3 Å². The molecule has 0 saturated heterocycles. The van der Waals surface area contributed by atoms with Crippen LogP contribution in [0.15, 0.2) is 81.6 Å². The Labute approximate surface area is 201 Å². The lowest BCUT2D eigenvalue weighted by molar-refractivity contribution is -0.130. The van der Waals surface area contributed by atoms with Crippen molar-refractivity contribution in [3.63, 3.8) is 0 Å². The molecule has 1 amide bonds. The van der Waals surface area contributed by atoms with Gasteiger partial charge in [0.05, 0.1) is 41.3 Å². The largest absolute Gasteiger partial charge is 0.467 e. The van der Waals surface area contributed by atoms with Crippen molar-refractivity contribution in [2.24, 2.45) is 5.10 Å². The maximum atomic E-state index is 13.4. The number of nitriles is 1. The zero-order chi connectivity index (χ0) is 23.5. The van der Waals surface area contributed by atoms with Crippen LogP contribution in [0.5, 0.6) is 0 Å². The molecular formula is C26H23N5O2S. The fourth-order valence-corrected chi connectivity index (χ4v) is 4.99. The van der Waals surface area contributed by atoms with Crippen LogP contribution in [0.25, 0.3) is 11.0 Å². The topological polar surface area (TPSA) is 87.4 Å². The van der Waals surface area contributed by atoms with Gasteiger partial charge in [-0.1, -0.05) is 53.7 Å². The Kier molecular flexibility index (Phi) is 6.19. The number of hydrogen-bond donors (Lipinski definition) is 0. The van der Waals surface area contributed by atoms with Gasteiger partial charge in [-0.05, 0) is 36.8 Å². The van der Waals surface area contributed by atoms with Crippen molar-refractivity contribution in [1.29, 1.82) is 5.26 Å². The number of imidazole rings is 1. The third-order valence-electron chi connectivity index (χ3n) is 5.81. The number of furan rings is 1. The normalized spacial score (nSPS) is 15.5. The number of rotatable bonds is 7. The number of hydrazone groups is 1. The summed E-state index contributed by atoms with van der Waals surface area (Å²) < 4.78 is 7.65. The third-order valence-corrected chi connectivity index (χ3v) is 6.77. The summed E-state index contributed by atoms with van der Waals surface area (Å²) in [6, 6.07) is 21.6. The number of fused-ring (bicyclic) bond motifs is 1. The number of para-hydroxylation sites is 2. The Morgan fingerprint density at radius 2 is 2.00 bits per heavy atom. The van der Waals surface area contributed by atoms with Gasteiger partial charge in [-0.3, -0.25) is 4.79 Å². The summed E-state index contributed by atoms with van der Waals surface area (Å²) in [7, 11) is 0. The van der Waals surface area contributed by atoms with Crippen LogP contribution in [0.2, 0.25) is 0 Å². The van der Waals surface area contributed by atoms with Crippen molar-refractivity contribution in [3.05, 3.63) is 83.8 Å². The molecule has 4 aromatic rings. The summed E-state index contributed by atoms with van der Waals surface area (Å²) in [4.78, 5) is 18.1. The standard InChI is InChI=1S/C26H23N5O2S/c1-18-9-11-19(12-10-18)21-16-23(24-8-4-15-33-24)31(29-21)25(32)17-34-26-28-20-6-2-3-7-22(20)30(26)14-5-13-27/h2-4,6-12,15,23H,5,14,16-17H2,1H3/t23-/m1/s1. The maximum absolute atomic E-state index is 13.4. The lowest BCUT2D eigenvalue weighted by Gasteiger charge is -2.19. The lowest BCUT2D eigenvalue weighted by atomic mass is 10.0. The summed E-state index contributed by atoms with van der Waals surface area (Å²) in [6.45, 7) is 2.57. The van der Waals surface area contributed by atoms with Gasteiger partial charge in [-0.25, -0.2) is 9.99 Å². The molecule has 1 aliphatic heterocycles. The van der Waals surface area contributed by atoms with Crippen molar-refractivity contribution in [2.45, 2.75) is 37.5 Å². The molecular weight excluding hydrogens is 446 g/mol. The van der Waals surface area contributed by atoms with E-state index in [-0.39, 0.29) is 17.7 Å². The number of benzene rings is 2. The highest BCUT2D eigenvalue weighted by Gasteiger charge is 2.35. The molecule has 0 radical (unpaired) electrons. The first kappa shape index (κ1) is 22.0. The second kappa shape index (κ2) is 9.57. The fourth-order valence-electron chi connectivity index (χ4n) is 4.10. The Hall–Kier alpha value is -3.83. The average molecular weight is 470 g/mol. The van der Waals surface area contributed by atoms with Gasteiger partial charge in [0, 0.05) is 13.0 Å². The van der Waals surface area contributed by atoms with Gasteiger partial charge in [0.2, 0.25) is 0 Å². The minimum Gasteiger partial charge on any atom is -0.467 e. The number of carbonyl (C=O) groups is 1. The molecule has 0 spiro atoms. The fraction of sp³-hybridized carbons (Fsp3) is 0.231. The maximum Gasteiger partial charge on any atom is 0.253 e. The molecule has 1 aliphatic rings. The SMILES string of the molecule is Cc1ccc(C2=NN(C(=O)CSc3nc4ccccc4n3CCC#N)[C@@H](c3ccco3)C2)cc1. The predicted octanol–water partition coefficient (Wildman–Crippen LogP) is 5.32. The molecule has 3 heterocycles. The number of hydrogen-bond acceptors (Lipinski definition) is 6.